The summed E-state index contributed by atoms with van der Waals surface area (Å²) in [5, 5.41) is 8.41. The van der Waals surface area contributed by atoms with Crippen molar-refractivity contribution in [2.75, 3.05) is 0 Å². The molecule has 0 aliphatic carbocycles. The van der Waals surface area contributed by atoms with E-state index in [1.165, 1.54) is 12.3 Å². The van der Waals surface area contributed by atoms with Crippen LogP contribution < -0.4 is 0 Å². The van der Waals surface area contributed by atoms with Gasteiger partial charge in [-0.2, -0.15) is 0 Å². The van der Waals surface area contributed by atoms with E-state index in [0.717, 1.165) is 6.20 Å². The van der Waals surface area contributed by atoms with Crippen molar-refractivity contribution in [2.45, 2.75) is 12.8 Å². The number of alkyl halides is 2. The van der Waals surface area contributed by atoms with Crippen molar-refractivity contribution < 1.29 is 18.7 Å². The van der Waals surface area contributed by atoms with Gasteiger partial charge in [0, 0.05) is 18.0 Å². The lowest BCUT2D eigenvalue weighted by Gasteiger charge is -2.04. The number of pyridine rings is 1. The zero-order valence-corrected chi connectivity index (χ0v) is 6.58. The van der Waals surface area contributed by atoms with Crippen molar-refractivity contribution in [1.29, 1.82) is 0 Å². The van der Waals surface area contributed by atoms with Gasteiger partial charge in [-0.15, -0.1) is 0 Å². The van der Waals surface area contributed by atoms with E-state index in [2.05, 4.69) is 4.98 Å². The number of rotatable bonds is 3. The maximum absolute atomic E-state index is 12.2. The topological polar surface area (TPSA) is 50.2 Å². The molecule has 1 aromatic heterocycles. The average Bonchev–Trinajstić information content (AvgIpc) is 2.03. The lowest BCUT2D eigenvalue weighted by molar-refractivity contribution is -0.136. The van der Waals surface area contributed by atoms with Gasteiger partial charge in [-0.3, -0.25) is 9.78 Å². The molecule has 0 aliphatic heterocycles. The maximum Gasteiger partial charge on any atom is 0.307 e. The van der Waals surface area contributed by atoms with E-state index in [0.29, 0.717) is 0 Å². The van der Waals surface area contributed by atoms with E-state index in [9.17, 15) is 13.6 Å². The number of nitrogens with zero attached hydrogens (tertiary/aromatic N) is 1. The third-order valence-corrected chi connectivity index (χ3v) is 1.52. The first-order valence-corrected chi connectivity index (χ1v) is 3.54. The molecule has 70 valence electrons. The number of hydrogen-bond acceptors (Lipinski definition) is 2. The molecule has 0 unspecified atom stereocenters. The molecule has 0 fully saturated rings. The predicted molar refractivity (Wildman–Crippen MR) is 40.5 cm³/mol. The van der Waals surface area contributed by atoms with Crippen LogP contribution in [0.25, 0.3) is 0 Å². The molecule has 1 rings (SSSR count). The highest BCUT2D eigenvalue weighted by atomic mass is 19.3. The molecule has 1 aromatic rings. The fraction of sp³-hybridized carbons (Fsp3) is 0.250. The highest BCUT2D eigenvalue weighted by Crippen LogP contribution is 2.21. The fourth-order valence-electron chi connectivity index (χ4n) is 0.956. The van der Waals surface area contributed by atoms with E-state index in [1.54, 1.807) is 0 Å². The number of halogens is 2. The molecule has 0 aromatic carbocycles. The summed E-state index contributed by atoms with van der Waals surface area (Å²) in [6, 6.07) is 1.29. The summed E-state index contributed by atoms with van der Waals surface area (Å²) in [4.78, 5) is 13.8. The van der Waals surface area contributed by atoms with Crippen LogP contribution in [-0.4, -0.2) is 16.1 Å². The average molecular weight is 187 g/mol. The molecule has 0 saturated carbocycles. The van der Waals surface area contributed by atoms with E-state index < -0.39 is 18.8 Å². The van der Waals surface area contributed by atoms with E-state index in [1.807, 2.05) is 0 Å². The molecule has 5 heteroatoms. The quantitative estimate of drug-likeness (QED) is 0.782. The van der Waals surface area contributed by atoms with Gasteiger partial charge in [-0.25, -0.2) is 8.78 Å². The first-order valence-electron chi connectivity index (χ1n) is 3.54. The number of hydrogen-bond donors (Lipinski definition) is 1. The van der Waals surface area contributed by atoms with E-state index in [-0.39, 0.29) is 11.1 Å². The molecule has 0 radical (unpaired) electrons. The molecule has 1 heterocycles. The monoisotopic (exact) mass is 187 g/mol. The number of carbonyl (C=O) groups is 1. The molecule has 0 atom stereocenters. The van der Waals surface area contributed by atoms with Crippen LogP contribution in [0.4, 0.5) is 8.78 Å². The standard InChI is InChI=1S/C8H7F2NO2/c9-8(10)6-4-11-2-1-5(6)3-7(12)13/h1-2,4,8H,3H2,(H,12,13). The molecule has 0 spiro atoms. The van der Waals surface area contributed by atoms with Crippen LogP contribution in [0.2, 0.25) is 0 Å². The first-order chi connectivity index (χ1) is 6.11. The molecular formula is C8H7F2NO2. The Morgan fingerprint density at radius 1 is 1.62 bits per heavy atom. The van der Waals surface area contributed by atoms with Crippen LogP contribution in [0.3, 0.4) is 0 Å². The molecule has 3 nitrogen and oxygen atoms in total. The number of aliphatic carboxylic acids is 1. The van der Waals surface area contributed by atoms with Gasteiger partial charge in [0.15, 0.2) is 0 Å². The Balaban J connectivity index is 2.97. The minimum Gasteiger partial charge on any atom is -0.481 e. The van der Waals surface area contributed by atoms with Crippen LogP contribution >= 0.6 is 0 Å². The summed E-state index contributed by atoms with van der Waals surface area (Å²) < 4.78 is 24.5. The third-order valence-electron chi connectivity index (χ3n) is 1.52. The van der Waals surface area contributed by atoms with Crippen LogP contribution in [0, 0.1) is 0 Å². The fourth-order valence-corrected chi connectivity index (χ4v) is 0.956. The molecule has 0 amide bonds. The van der Waals surface area contributed by atoms with Gasteiger partial charge in [0.1, 0.15) is 0 Å². The summed E-state index contributed by atoms with van der Waals surface area (Å²) in [5.74, 6) is -1.13. The largest absolute Gasteiger partial charge is 0.481 e. The molecular weight excluding hydrogens is 180 g/mol. The van der Waals surface area contributed by atoms with Gasteiger partial charge >= 0.3 is 5.97 Å². The number of aromatic nitrogens is 1. The van der Waals surface area contributed by atoms with Gasteiger partial charge in [0.25, 0.3) is 6.43 Å². The van der Waals surface area contributed by atoms with Crippen molar-refractivity contribution in [2.24, 2.45) is 0 Å². The SMILES string of the molecule is O=C(O)Cc1ccncc1C(F)F. The summed E-state index contributed by atoms with van der Waals surface area (Å²) in [6.07, 6.45) is -0.794. The van der Waals surface area contributed by atoms with Crippen LogP contribution in [0.5, 0.6) is 0 Å². The van der Waals surface area contributed by atoms with Crippen LogP contribution in [-0.2, 0) is 11.2 Å². The summed E-state index contributed by atoms with van der Waals surface area (Å²) in [7, 11) is 0. The Hall–Kier alpha value is -1.52. The second kappa shape index (κ2) is 3.93. The Morgan fingerprint density at radius 3 is 2.85 bits per heavy atom. The Kier molecular flexibility index (Phi) is 2.89. The summed E-state index contributed by atoms with van der Waals surface area (Å²) in [6.45, 7) is 0. The van der Waals surface area contributed by atoms with Crippen molar-refractivity contribution in [3.05, 3.63) is 29.6 Å². The Morgan fingerprint density at radius 2 is 2.31 bits per heavy atom. The van der Waals surface area contributed by atoms with Crippen molar-refractivity contribution in [3.63, 3.8) is 0 Å². The highest BCUT2D eigenvalue weighted by Gasteiger charge is 2.14. The van der Waals surface area contributed by atoms with E-state index in [4.69, 9.17) is 5.11 Å². The van der Waals surface area contributed by atoms with Gasteiger partial charge in [0.05, 0.1) is 6.42 Å². The summed E-state index contributed by atoms with van der Waals surface area (Å²) >= 11 is 0. The van der Waals surface area contributed by atoms with Crippen LogP contribution in [0.1, 0.15) is 17.6 Å². The zero-order chi connectivity index (χ0) is 9.84. The van der Waals surface area contributed by atoms with Gasteiger partial charge < -0.3 is 5.11 Å². The van der Waals surface area contributed by atoms with Crippen LogP contribution in [0.15, 0.2) is 18.5 Å². The zero-order valence-electron chi connectivity index (χ0n) is 6.58. The number of carboxylic acid groups (broad SMARTS) is 1. The normalized spacial score (nSPS) is 10.4. The maximum atomic E-state index is 12.2. The van der Waals surface area contributed by atoms with Gasteiger partial charge in [-0.1, -0.05) is 0 Å². The molecule has 0 aliphatic rings. The molecule has 0 bridgehead atoms. The Labute approximate surface area is 73.0 Å². The number of carboxylic acids is 1. The second-order valence-electron chi connectivity index (χ2n) is 2.45. The second-order valence-corrected chi connectivity index (χ2v) is 2.45. The van der Waals surface area contributed by atoms with Gasteiger partial charge in [-0.05, 0) is 11.6 Å². The minimum atomic E-state index is -2.68. The molecule has 1 N–H and O–H groups in total. The smallest absolute Gasteiger partial charge is 0.307 e. The lowest BCUT2D eigenvalue weighted by atomic mass is 10.1. The van der Waals surface area contributed by atoms with E-state index >= 15 is 0 Å². The molecule has 0 saturated heterocycles. The first kappa shape index (κ1) is 9.57. The van der Waals surface area contributed by atoms with Crippen molar-refractivity contribution >= 4 is 5.97 Å². The predicted octanol–water partition coefficient (Wildman–Crippen LogP) is 1.65. The Bertz CT molecular complexity index is 315. The highest BCUT2D eigenvalue weighted by molar-refractivity contribution is 5.70. The van der Waals surface area contributed by atoms with Gasteiger partial charge in [0.2, 0.25) is 0 Å². The third kappa shape index (κ3) is 2.47. The minimum absolute atomic E-state index is 0.109. The lowest BCUT2D eigenvalue weighted by Crippen LogP contribution is -2.04. The summed E-state index contributed by atoms with van der Waals surface area (Å²) in [5.41, 5.74) is -0.206. The van der Waals surface area contributed by atoms with Crippen molar-refractivity contribution in [3.8, 4) is 0 Å². The van der Waals surface area contributed by atoms with Crippen molar-refractivity contribution in [1.82, 2.24) is 4.98 Å². The molecule has 13 heavy (non-hydrogen) atoms.